The summed E-state index contributed by atoms with van der Waals surface area (Å²) in [5.74, 6) is -0.759. The van der Waals surface area contributed by atoms with Crippen LogP contribution in [0.4, 0.5) is 0 Å². The van der Waals surface area contributed by atoms with E-state index in [1.165, 1.54) is 0 Å². The summed E-state index contributed by atoms with van der Waals surface area (Å²) in [6.45, 7) is 6.04. The lowest BCUT2D eigenvalue weighted by molar-refractivity contribution is -0.144. The highest BCUT2D eigenvalue weighted by Gasteiger charge is 2.53. The van der Waals surface area contributed by atoms with E-state index in [-0.39, 0.29) is 24.5 Å². The number of amides is 1. The molecule has 2 saturated heterocycles. The Kier molecular flexibility index (Phi) is 5.14. The predicted octanol–water partition coefficient (Wildman–Crippen LogP) is -0.260. The maximum Gasteiger partial charge on any atom is 0.527 e. The Morgan fingerprint density at radius 2 is 2.18 bits per heavy atom. The van der Waals surface area contributed by atoms with Gasteiger partial charge in [-0.25, -0.2) is 0 Å². The predicted molar refractivity (Wildman–Crippen MR) is 82.7 cm³/mol. The van der Waals surface area contributed by atoms with Crippen LogP contribution in [-0.4, -0.2) is 54.7 Å². The van der Waals surface area contributed by atoms with Crippen molar-refractivity contribution in [2.75, 3.05) is 13.1 Å². The van der Waals surface area contributed by atoms with Crippen molar-refractivity contribution in [1.29, 1.82) is 0 Å². The number of carbonyl (C=O) groups excluding carboxylic acids is 2. The van der Waals surface area contributed by atoms with Gasteiger partial charge in [0.15, 0.2) is 0 Å². The topological polar surface area (TPSA) is 108 Å². The van der Waals surface area contributed by atoms with E-state index in [4.69, 9.17) is 20.8 Å². The number of hydrogen-bond donors (Lipinski definition) is 2. The number of nitrogens with zero attached hydrogens (tertiary/aromatic N) is 1. The molecular formula is C14H26BN3O4. The van der Waals surface area contributed by atoms with Crippen LogP contribution >= 0.6 is 0 Å². The lowest BCUT2D eigenvalue weighted by atomic mass is 9.74. The molecule has 0 aliphatic carbocycles. The number of rotatable bonds is 3. The first-order valence-electron chi connectivity index (χ1n) is 7.94. The van der Waals surface area contributed by atoms with Gasteiger partial charge in [0.25, 0.3) is 0 Å². The molecule has 0 bridgehead atoms. The van der Waals surface area contributed by atoms with Crippen LogP contribution in [0.3, 0.4) is 0 Å². The Labute approximate surface area is 131 Å². The molecular weight excluding hydrogens is 285 g/mol. The van der Waals surface area contributed by atoms with Gasteiger partial charge in [0.1, 0.15) is 5.54 Å². The molecule has 3 atom stereocenters. The van der Waals surface area contributed by atoms with Gasteiger partial charge in [-0.05, 0) is 33.5 Å². The minimum atomic E-state index is -1.16. The smallest absolute Gasteiger partial charge is 0.508 e. The van der Waals surface area contributed by atoms with Crippen LogP contribution in [-0.2, 0) is 18.9 Å². The summed E-state index contributed by atoms with van der Waals surface area (Å²) in [6.07, 6.45) is 2.24. The number of nitrogens with two attached hydrogens (primary N) is 2. The lowest BCUT2D eigenvalue weighted by Crippen LogP contribution is -2.58. The van der Waals surface area contributed by atoms with E-state index < -0.39 is 24.7 Å². The Bertz CT molecular complexity index is 446. The molecule has 124 valence electrons. The maximum absolute atomic E-state index is 12.5. The number of hydrogen-bond acceptors (Lipinski definition) is 6. The molecule has 2 heterocycles. The maximum atomic E-state index is 12.5. The second-order valence-corrected chi connectivity index (χ2v) is 6.70. The molecule has 2 aliphatic rings. The lowest BCUT2D eigenvalue weighted by Gasteiger charge is -2.32. The van der Waals surface area contributed by atoms with Gasteiger partial charge in [-0.2, -0.15) is 0 Å². The molecule has 7 nitrogen and oxygen atoms in total. The zero-order chi connectivity index (χ0) is 16.5. The summed E-state index contributed by atoms with van der Waals surface area (Å²) in [6, 6.07) is -0.596. The molecule has 8 heteroatoms. The van der Waals surface area contributed by atoms with Gasteiger partial charge < -0.3 is 25.7 Å². The molecule has 0 aromatic heterocycles. The summed E-state index contributed by atoms with van der Waals surface area (Å²) in [5, 5.41) is 0. The fourth-order valence-electron chi connectivity index (χ4n) is 3.19. The molecule has 0 aromatic carbocycles. The summed E-state index contributed by atoms with van der Waals surface area (Å²) in [4.78, 5) is 26.2. The van der Waals surface area contributed by atoms with E-state index in [1.807, 2.05) is 13.8 Å². The largest absolute Gasteiger partial charge is 0.527 e. The average Bonchev–Trinajstić information content (AvgIpc) is 2.74. The molecule has 0 spiro atoms. The number of likely N-dealkylation sites (tertiary alicyclic amines) is 1. The normalized spacial score (nSPS) is 30.6. The van der Waals surface area contributed by atoms with Gasteiger partial charge in [-0.1, -0.05) is 6.42 Å². The van der Waals surface area contributed by atoms with E-state index >= 15 is 0 Å². The SMILES string of the molecule is CC(C)OB1CCC[C@H]2CN(C(=O)[C@H](C)N)C[C@@]2(N)C(=O)O1. The average molecular weight is 311 g/mol. The van der Waals surface area contributed by atoms with Crippen molar-refractivity contribution < 1.29 is 18.9 Å². The van der Waals surface area contributed by atoms with Crippen LogP contribution in [0.5, 0.6) is 0 Å². The van der Waals surface area contributed by atoms with Gasteiger partial charge >= 0.3 is 13.1 Å². The molecule has 4 N–H and O–H groups in total. The molecule has 0 saturated carbocycles. The van der Waals surface area contributed by atoms with Crippen LogP contribution in [0.2, 0.25) is 6.32 Å². The van der Waals surface area contributed by atoms with Gasteiger partial charge in [0.05, 0.1) is 6.04 Å². The molecule has 2 rings (SSSR count). The van der Waals surface area contributed by atoms with E-state index in [9.17, 15) is 9.59 Å². The highest BCUT2D eigenvalue weighted by molar-refractivity contribution is 6.47. The minimum absolute atomic E-state index is 0.0264. The van der Waals surface area contributed by atoms with Crippen molar-refractivity contribution in [3.63, 3.8) is 0 Å². The standard InChI is InChI=1S/C14H26BN3O4/c1-9(2)21-15-6-4-5-11-7-18(12(19)10(3)16)8-14(11,17)13(20)22-15/h9-11H,4-8,16-17H2,1-3H3/t10-,11-,14-/m0/s1. The first kappa shape index (κ1) is 17.2. The highest BCUT2D eigenvalue weighted by atomic mass is 16.6. The van der Waals surface area contributed by atoms with Crippen molar-refractivity contribution in [3.05, 3.63) is 0 Å². The van der Waals surface area contributed by atoms with Crippen molar-refractivity contribution in [2.45, 2.75) is 57.6 Å². The fraction of sp³-hybridized carbons (Fsp3) is 0.857. The summed E-state index contributed by atoms with van der Waals surface area (Å²) in [5.41, 5.74) is 10.8. The van der Waals surface area contributed by atoms with Crippen LogP contribution in [0.15, 0.2) is 0 Å². The minimum Gasteiger partial charge on any atom is -0.508 e. The van der Waals surface area contributed by atoms with E-state index in [2.05, 4.69) is 0 Å². The number of carbonyl (C=O) groups is 2. The van der Waals surface area contributed by atoms with Gasteiger partial charge in [0, 0.05) is 25.1 Å². The summed E-state index contributed by atoms with van der Waals surface area (Å²) < 4.78 is 11.1. The fourth-order valence-corrected chi connectivity index (χ4v) is 3.19. The first-order chi connectivity index (χ1) is 10.2. The van der Waals surface area contributed by atoms with Crippen LogP contribution < -0.4 is 11.5 Å². The first-order valence-corrected chi connectivity index (χ1v) is 7.94. The Morgan fingerprint density at radius 1 is 1.50 bits per heavy atom. The van der Waals surface area contributed by atoms with Crippen molar-refractivity contribution >= 4 is 19.0 Å². The monoisotopic (exact) mass is 311 g/mol. The number of fused-ring (bicyclic) bond motifs is 1. The van der Waals surface area contributed by atoms with E-state index in [0.29, 0.717) is 12.9 Å². The summed E-state index contributed by atoms with van der Waals surface area (Å²) in [7, 11) is -0.563. The molecule has 1 amide bonds. The third kappa shape index (κ3) is 3.44. The Balaban J connectivity index is 2.12. The second kappa shape index (κ2) is 6.56. The third-order valence-corrected chi connectivity index (χ3v) is 4.36. The van der Waals surface area contributed by atoms with E-state index in [0.717, 1.165) is 12.8 Å². The quantitative estimate of drug-likeness (QED) is 0.695. The van der Waals surface area contributed by atoms with Crippen molar-refractivity contribution in [2.24, 2.45) is 17.4 Å². The Morgan fingerprint density at radius 3 is 2.77 bits per heavy atom. The van der Waals surface area contributed by atoms with Crippen LogP contribution in [0, 0.1) is 5.92 Å². The van der Waals surface area contributed by atoms with Gasteiger partial charge in [0.2, 0.25) is 5.91 Å². The van der Waals surface area contributed by atoms with Crippen molar-refractivity contribution in [1.82, 2.24) is 4.90 Å². The molecule has 22 heavy (non-hydrogen) atoms. The Hall–Kier alpha value is -1.12. The highest BCUT2D eigenvalue weighted by Crippen LogP contribution is 2.34. The second-order valence-electron chi connectivity index (χ2n) is 6.70. The zero-order valence-corrected chi connectivity index (χ0v) is 13.6. The van der Waals surface area contributed by atoms with Crippen molar-refractivity contribution in [3.8, 4) is 0 Å². The molecule has 2 aliphatic heterocycles. The van der Waals surface area contributed by atoms with Gasteiger partial charge in [-0.3, -0.25) is 9.59 Å². The molecule has 0 radical (unpaired) electrons. The van der Waals surface area contributed by atoms with Gasteiger partial charge in [-0.15, -0.1) is 0 Å². The van der Waals surface area contributed by atoms with E-state index in [1.54, 1.807) is 11.8 Å². The third-order valence-electron chi connectivity index (χ3n) is 4.36. The van der Waals surface area contributed by atoms with Crippen LogP contribution in [0.25, 0.3) is 0 Å². The molecule has 0 aromatic rings. The van der Waals surface area contributed by atoms with Crippen LogP contribution in [0.1, 0.15) is 33.6 Å². The molecule has 2 fully saturated rings. The molecule has 0 unspecified atom stereocenters. The zero-order valence-electron chi connectivity index (χ0n) is 13.6. The summed E-state index contributed by atoms with van der Waals surface area (Å²) >= 11 is 0.